The van der Waals surface area contributed by atoms with Crippen LogP contribution in [0.25, 0.3) is 0 Å². The minimum Gasteiger partial charge on any atom is -0.481 e. The van der Waals surface area contributed by atoms with Gasteiger partial charge in [-0.1, -0.05) is 48.6 Å². The highest BCUT2D eigenvalue weighted by Gasteiger charge is 2.39. The minimum atomic E-state index is -0.950. The number of alkyl carbamates (subject to hydrolysis) is 1. The third-order valence-corrected chi connectivity index (χ3v) is 4.64. The number of carboxylic acids is 1. The van der Waals surface area contributed by atoms with Gasteiger partial charge < -0.3 is 15.2 Å². The molecule has 0 fully saturated rings. The van der Waals surface area contributed by atoms with Crippen LogP contribution in [0.3, 0.4) is 0 Å². The second kappa shape index (κ2) is 6.91. The van der Waals surface area contributed by atoms with Gasteiger partial charge in [-0.25, -0.2) is 4.79 Å². The van der Waals surface area contributed by atoms with Crippen LogP contribution in [0.2, 0.25) is 0 Å². The summed E-state index contributed by atoms with van der Waals surface area (Å²) in [5, 5.41) is 11.3. The molecule has 2 aliphatic rings. The first-order valence-electron chi connectivity index (χ1n) is 8.15. The van der Waals surface area contributed by atoms with Crippen LogP contribution in [0.4, 0.5) is 4.79 Å². The van der Waals surface area contributed by atoms with Gasteiger partial charge in [-0.2, -0.15) is 0 Å². The topological polar surface area (TPSA) is 75.6 Å². The Labute approximate surface area is 141 Å². The lowest BCUT2D eigenvalue weighted by atomic mass is 9.84. The third-order valence-electron chi connectivity index (χ3n) is 4.64. The average Bonchev–Trinajstić information content (AvgIpc) is 2.86. The van der Waals surface area contributed by atoms with E-state index in [1.165, 1.54) is 11.1 Å². The van der Waals surface area contributed by atoms with Crippen molar-refractivity contribution in [3.63, 3.8) is 0 Å². The number of carbonyl (C=O) groups excluding carboxylic acids is 1. The minimum absolute atomic E-state index is 0.118. The summed E-state index contributed by atoms with van der Waals surface area (Å²) in [6.45, 7) is 1.92. The lowest BCUT2D eigenvalue weighted by Crippen LogP contribution is -2.35. The highest BCUT2D eigenvalue weighted by molar-refractivity contribution is 5.71. The van der Waals surface area contributed by atoms with Crippen LogP contribution in [-0.2, 0) is 9.53 Å². The predicted octanol–water partition coefficient (Wildman–Crippen LogP) is 3.20. The Hall–Kier alpha value is -2.56. The van der Waals surface area contributed by atoms with Crippen molar-refractivity contribution >= 4 is 12.1 Å². The number of carboxylic acid groups (broad SMARTS) is 1. The van der Waals surface area contributed by atoms with E-state index in [2.05, 4.69) is 35.7 Å². The molecule has 0 radical (unpaired) electrons. The second-order valence-electron chi connectivity index (χ2n) is 6.35. The lowest BCUT2D eigenvalue weighted by molar-refractivity contribution is -0.137. The van der Waals surface area contributed by atoms with Gasteiger partial charge in [-0.05, 0) is 24.0 Å². The molecule has 5 nitrogen and oxygen atoms in total. The standard InChI is InChI=1S/C19H21NO4/c1-12(10-18(21)22)20-19(23)24-11-17-15-8-4-2-6-13(15)14-7-3-5-9-16(14)17/h2-9,12-13,15,17H,10-11H2,1H3,(H,20,23)(H,21,22). The van der Waals surface area contributed by atoms with E-state index in [1.807, 2.05) is 18.2 Å². The van der Waals surface area contributed by atoms with Crippen molar-refractivity contribution in [2.24, 2.45) is 5.92 Å². The van der Waals surface area contributed by atoms with E-state index in [0.29, 0.717) is 5.92 Å². The van der Waals surface area contributed by atoms with Gasteiger partial charge in [0.05, 0.1) is 6.42 Å². The molecule has 5 heteroatoms. The van der Waals surface area contributed by atoms with Crippen molar-refractivity contribution in [2.75, 3.05) is 6.61 Å². The molecule has 1 aromatic rings. The molecular weight excluding hydrogens is 306 g/mol. The summed E-state index contributed by atoms with van der Waals surface area (Å²) in [7, 11) is 0. The maximum absolute atomic E-state index is 11.9. The highest BCUT2D eigenvalue weighted by Crippen LogP contribution is 2.49. The van der Waals surface area contributed by atoms with Gasteiger partial charge in [0, 0.05) is 17.9 Å². The van der Waals surface area contributed by atoms with Gasteiger partial charge in [0.25, 0.3) is 0 Å². The zero-order valence-electron chi connectivity index (χ0n) is 13.5. The van der Waals surface area contributed by atoms with Crippen molar-refractivity contribution in [3.8, 4) is 0 Å². The van der Waals surface area contributed by atoms with E-state index >= 15 is 0 Å². The molecule has 24 heavy (non-hydrogen) atoms. The molecule has 0 saturated heterocycles. The lowest BCUT2D eigenvalue weighted by Gasteiger charge is -2.22. The van der Waals surface area contributed by atoms with Crippen LogP contribution in [0.15, 0.2) is 48.6 Å². The van der Waals surface area contributed by atoms with E-state index in [-0.39, 0.29) is 24.9 Å². The summed E-state index contributed by atoms with van der Waals surface area (Å²) >= 11 is 0. The summed E-state index contributed by atoms with van der Waals surface area (Å²) in [6.07, 6.45) is 7.76. The molecule has 2 aliphatic carbocycles. The summed E-state index contributed by atoms with van der Waals surface area (Å²) in [5.41, 5.74) is 2.51. The number of rotatable bonds is 5. The monoisotopic (exact) mass is 327 g/mol. The summed E-state index contributed by atoms with van der Waals surface area (Å²) < 4.78 is 5.38. The zero-order valence-corrected chi connectivity index (χ0v) is 13.5. The van der Waals surface area contributed by atoms with Crippen LogP contribution >= 0.6 is 0 Å². The van der Waals surface area contributed by atoms with E-state index in [1.54, 1.807) is 6.92 Å². The van der Waals surface area contributed by atoms with Gasteiger partial charge >= 0.3 is 12.1 Å². The number of ether oxygens (including phenoxy) is 1. The number of hydrogen-bond acceptors (Lipinski definition) is 3. The Bertz CT molecular complexity index is 694. The molecule has 0 aromatic heterocycles. The van der Waals surface area contributed by atoms with E-state index < -0.39 is 18.1 Å². The first-order valence-corrected chi connectivity index (χ1v) is 8.15. The SMILES string of the molecule is CC(CC(=O)O)NC(=O)OCC1c2ccccc2C2C=CC=CC21. The molecule has 0 aliphatic heterocycles. The van der Waals surface area contributed by atoms with Crippen LogP contribution in [-0.4, -0.2) is 29.8 Å². The first-order chi connectivity index (χ1) is 11.6. The molecule has 1 amide bonds. The largest absolute Gasteiger partial charge is 0.481 e. The zero-order chi connectivity index (χ0) is 17.1. The van der Waals surface area contributed by atoms with Crippen molar-refractivity contribution in [1.29, 1.82) is 0 Å². The highest BCUT2D eigenvalue weighted by atomic mass is 16.5. The summed E-state index contributed by atoms with van der Waals surface area (Å²) in [5.74, 6) is -0.215. The molecule has 0 saturated carbocycles. The second-order valence-corrected chi connectivity index (χ2v) is 6.35. The Morgan fingerprint density at radius 3 is 2.67 bits per heavy atom. The smallest absolute Gasteiger partial charge is 0.407 e. The van der Waals surface area contributed by atoms with E-state index in [0.717, 1.165) is 0 Å². The predicted molar refractivity (Wildman–Crippen MR) is 89.9 cm³/mol. The number of hydrogen-bond donors (Lipinski definition) is 2. The van der Waals surface area contributed by atoms with Gasteiger partial charge in [0.1, 0.15) is 6.61 Å². The van der Waals surface area contributed by atoms with Crippen molar-refractivity contribution < 1.29 is 19.4 Å². The molecule has 4 atom stereocenters. The number of nitrogens with one attached hydrogen (secondary N) is 1. The Kier molecular flexibility index (Phi) is 4.69. The fraction of sp³-hybridized carbons (Fsp3) is 0.368. The van der Waals surface area contributed by atoms with Crippen LogP contribution in [0.5, 0.6) is 0 Å². The number of allylic oxidation sites excluding steroid dienone is 4. The van der Waals surface area contributed by atoms with Crippen LogP contribution in [0, 0.1) is 5.92 Å². The molecule has 0 spiro atoms. The maximum atomic E-state index is 11.9. The molecule has 1 aromatic carbocycles. The van der Waals surface area contributed by atoms with Crippen LogP contribution in [0.1, 0.15) is 36.3 Å². The molecule has 4 unspecified atom stereocenters. The fourth-order valence-electron chi connectivity index (χ4n) is 3.60. The third kappa shape index (κ3) is 3.35. The van der Waals surface area contributed by atoms with Crippen molar-refractivity contribution in [1.82, 2.24) is 5.32 Å². The summed E-state index contributed by atoms with van der Waals surface area (Å²) in [6, 6.07) is 7.80. The summed E-state index contributed by atoms with van der Waals surface area (Å²) in [4.78, 5) is 22.6. The van der Waals surface area contributed by atoms with Gasteiger partial charge in [0.2, 0.25) is 0 Å². The molecule has 0 heterocycles. The van der Waals surface area contributed by atoms with Crippen molar-refractivity contribution in [3.05, 3.63) is 59.7 Å². The molecule has 0 bridgehead atoms. The Morgan fingerprint density at radius 1 is 1.21 bits per heavy atom. The average molecular weight is 327 g/mol. The number of carbonyl (C=O) groups is 2. The van der Waals surface area contributed by atoms with E-state index in [9.17, 15) is 9.59 Å². The maximum Gasteiger partial charge on any atom is 0.407 e. The number of amides is 1. The van der Waals surface area contributed by atoms with Crippen LogP contribution < -0.4 is 5.32 Å². The quantitative estimate of drug-likeness (QED) is 0.871. The number of benzene rings is 1. The van der Waals surface area contributed by atoms with E-state index in [4.69, 9.17) is 9.84 Å². The molecule has 2 N–H and O–H groups in total. The van der Waals surface area contributed by atoms with Crippen molar-refractivity contribution in [2.45, 2.75) is 31.2 Å². The fourth-order valence-corrected chi connectivity index (χ4v) is 3.60. The normalized spacial score (nSPS) is 24.8. The first kappa shape index (κ1) is 16.3. The number of fused-ring (bicyclic) bond motifs is 3. The van der Waals surface area contributed by atoms with Gasteiger partial charge in [-0.3, -0.25) is 4.79 Å². The molecule has 3 rings (SSSR count). The molecular formula is C19H21NO4. The van der Waals surface area contributed by atoms with Gasteiger partial charge in [-0.15, -0.1) is 0 Å². The van der Waals surface area contributed by atoms with Gasteiger partial charge in [0.15, 0.2) is 0 Å². The number of aliphatic carboxylic acids is 1. The Balaban J connectivity index is 1.64. The Morgan fingerprint density at radius 2 is 1.92 bits per heavy atom. The molecule has 126 valence electrons.